The van der Waals surface area contributed by atoms with E-state index in [1.165, 1.54) is 22.5 Å². The first-order chi connectivity index (χ1) is 8.95. The van der Waals surface area contributed by atoms with Gasteiger partial charge in [0.15, 0.2) is 0 Å². The Kier molecular flexibility index (Phi) is 5.94. The number of hydrogen-bond donors (Lipinski definition) is 1. The molecule has 1 heterocycles. The molecule has 0 atom stereocenters. The zero-order valence-electron chi connectivity index (χ0n) is 11.6. The van der Waals surface area contributed by atoms with E-state index in [9.17, 15) is 12.8 Å². The SMILES string of the molecule is CNC1CCN(S(=O)(=O)c2ccc(F)cc2C)CC1.Cl. The minimum atomic E-state index is -3.50. The molecule has 7 heteroatoms. The van der Waals surface area contributed by atoms with Crippen LogP contribution in [0.1, 0.15) is 18.4 Å². The Morgan fingerprint density at radius 2 is 1.90 bits per heavy atom. The van der Waals surface area contributed by atoms with Crippen molar-refractivity contribution in [3.63, 3.8) is 0 Å². The van der Waals surface area contributed by atoms with Gasteiger partial charge in [-0.05, 0) is 50.6 Å². The Morgan fingerprint density at radius 1 is 1.30 bits per heavy atom. The minimum Gasteiger partial charge on any atom is -0.317 e. The van der Waals surface area contributed by atoms with E-state index >= 15 is 0 Å². The van der Waals surface area contributed by atoms with E-state index in [2.05, 4.69) is 5.32 Å². The monoisotopic (exact) mass is 322 g/mol. The van der Waals surface area contributed by atoms with Gasteiger partial charge in [-0.3, -0.25) is 0 Å². The fraction of sp³-hybridized carbons (Fsp3) is 0.538. The zero-order chi connectivity index (χ0) is 14.0. The third-order valence-electron chi connectivity index (χ3n) is 3.62. The first-order valence-electron chi connectivity index (χ1n) is 6.38. The number of halogens is 2. The molecule has 0 amide bonds. The van der Waals surface area contributed by atoms with E-state index in [-0.39, 0.29) is 17.3 Å². The highest BCUT2D eigenvalue weighted by Crippen LogP contribution is 2.23. The van der Waals surface area contributed by atoms with Gasteiger partial charge >= 0.3 is 0 Å². The summed E-state index contributed by atoms with van der Waals surface area (Å²) in [6, 6.07) is 4.18. The van der Waals surface area contributed by atoms with Crippen molar-refractivity contribution in [2.24, 2.45) is 0 Å². The second-order valence-corrected chi connectivity index (χ2v) is 6.78. The summed E-state index contributed by atoms with van der Waals surface area (Å²) < 4.78 is 39.5. The van der Waals surface area contributed by atoms with Crippen molar-refractivity contribution in [2.45, 2.75) is 30.7 Å². The summed E-state index contributed by atoms with van der Waals surface area (Å²) >= 11 is 0. The van der Waals surface area contributed by atoms with Gasteiger partial charge in [0.05, 0.1) is 4.90 Å². The van der Waals surface area contributed by atoms with Gasteiger partial charge in [0.1, 0.15) is 5.82 Å². The number of hydrogen-bond acceptors (Lipinski definition) is 3. The largest absolute Gasteiger partial charge is 0.317 e. The molecule has 114 valence electrons. The summed E-state index contributed by atoms with van der Waals surface area (Å²) in [6.45, 7) is 2.63. The molecule has 4 nitrogen and oxygen atoms in total. The summed E-state index contributed by atoms with van der Waals surface area (Å²) in [5.41, 5.74) is 0.454. The molecule has 0 aliphatic carbocycles. The molecule has 1 saturated heterocycles. The highest BCUT2D eigenvalue weighted by molar-refractivity contribution is 7.89. The van der Waals surface area contributed by atoms with Gasteiger partial charge in [0.2, 0.25) is 10.0 Å². The summed E-state index contributed by atoms with van der Waals surface area (Å²) in [4.78, 5) is 0.205. The topological polar surface area (TPSA) is 49.4 Å². The van der Waals surface area contributed by atoms with Crippen molar-refractivity contribution in [2.75, 3.05) is 20.1 Å². The molecular formula is C13H20ClFN2O2S. The van der Waals surface area contributed by atoms with Crippen LogP contribution in [0.2, 0.25) is 0 Å². The minimum absolute atomic E-state index is 0. The Labute approximate surface area is 125 Å². The molecule has 1 aliphatic rings. The molecule has 0 saturated carbocycles. The first kappa shape index (κ1) is 17.4. The molecule has 0 aromatic heterocycles. The lowest BCUT2D eigenvalue weighted by Gasteiger charge is -2.31. The van der Waals surface area contributed by atoms with E-state index in [1.54, 1.807) is 6.92 Å². The van der Waals surface area contributed by atoms with Gasteiger partial charge in [0, 0.05) is 19.1 Å². The lowest BCUT2D eigenvalue weighted by Crippen LogP contribution is -2.44. The molecule has 1 aromatic carbocycles. The number of sulfonamides is 1. The number of aryl methyl sites for hydroxylation is 1. The second-order valence-electron chi connectivity index (χ2n) is 4.88. The van der Waals surface area contributed by atoms with Crippen LogP contribution in [0, 0.1) is 12.7 Å². The third kappa shape index (κ3) is 3.49. The third-order valence-corrected chi connectivity index (χ3v) is 5.68. The van der Waals surface area contributed by atoms with Crippen LogP contribution < -0.4 is 5.32 Å². The van der Waals surface area contributed by atoms with Crippen molar-refractivity contribution in [3.8, 4) is 0 Å². The van der Waals surface area contributed by atoms with Gasteiger partial charge in [0.25, 0.3) is 0 Å². The fourth-order valence-electron chi connectivity index (χ4n) is 2.43. The second kappa shape index (κ2) is 6.85. The van der Waals surface area contributed by atoms with Crippen LogP contribution in [0.4, 0.5) is 4.39 Å². The Hall–Kier alpha value is -0.690. The first-order valence-corrected chi connectivity index (χ1v) is 7.82. The molecule has 0 spiro atoms. The summed E-state index contributed by atoms with van der Waals surface area (Å²) in [7, 11) is -1.61. The maximum atomic E-state index is 13.1. The number of nitrogens with one attached hydrogen (secondary N) is 1. The normalized spacial score (nSPS) is 17.8. The fourth-order valence-corrected chi connectivity index (χ4v) is 4.10. The lowest BCUT2D eigenvalue weighted by atomic mass is 10.1. The molecular weight excluding hydrogens is 303 g/mol. The maximum absolute atomic E-state index is 13.1. The van der Waals surface area contributed by atoms with Gasteiger partial charge in [-0.25, -0.2) is 12.8 Å². The Bertz CT molecular complexity index is 557. The summed E-state index contributed by atoms with van der Waals surface area (Å²) in [5.74, 6) is -0.412. The van der Waals surface area contributed by atoms with Gasteiger partial charge in [-0.15, -0.1) is 12.4 Å². The summed E-state index contributed by atoms with van der Waals surface area (Å²) in [5, 5.41) is 3.16. The molecule has 1 fully saturated rings. The molecule has 1 aliphatic heterocycles. The number of nitrogens with zero attached hydrogens (tertiary/aromatic N) is 1. The number of rotatable bonds is 3. The highest BCUT2D eigenvalue weighted by Gasteiger charge is 2.29. The molecule has 1 N–H and O–H groups in total. The van der Waals surface area contributed by atoms with Crippen LogP contribution in [-0.2, 0) is 10.0 Å². The lowest BCUT2D eigenvalue weighted by molar-refractivity contribution is 0.298. The number of piperidine rings is 1. The van der Waals surface area contributed by atoms with E-state index in [0.717, 1.165) is 12.8 Å². The van der Waals surface area contributed by atoms with E-state index in [1.807, 2.05) is 7.05 Å². The highest BCUT2D eigenvalue weighted by atomic mass is 35.5. The van der Waals surface area contributed by atoms with Crippen molar-refractivity contribution >= 4 is 22.4 Å². The van der Waals surface area contributed by atoms with Gasteiger partial charge < -0.3 is 5.32 Å². The van der Waals surface area contributed by atoms with Crippen LogP contribution in [0.25, 0.3) is 0 Å². The van der Waals surface area contributed by atoms with Crippen LogP contribution >= 0.6 is 12.4 Å². The average Bonchev–Trinajstić information content (AvgIpc) is 2.38. The smallest absolute Gasteiger partial charge is 0.243 e. The molecule has 0 radical (unpaired) electrons. The molecule has 2 rings (SSSR count). The van der Waals surface area contributed by atoms with Crippen molar-refractivity contribution in [3.05, 3.63) is 29.6 Å². The summed E-state index contributed by atoms with van der Waals surface area (Å²) in [6.07, 6.45) is 1.60. The van der Waals surface area contributed by atoms with E-state index in [0.29, 0.717) is 24.7 Å². The van der Waals surface area contributed by atoms with Crippen LogP contribution in [-0.4, -0.2) is 38.9 Å². The molecule has 20 heavy (non-hydrogen) atoms. The molecule has 0 unspecified atom stereocenters. The maximum Gasteiger partial charge on any atom is 0.243 e. The van der Waals surface area contributed by atoms with E-state index in [4.69, 9.17) is 0 Å². The van der Waals surface area contributed by atoms with Crippen LogP contribution in [0.5, 0.6) is 0 Å². The van der Waals surface area contributed by atoms with Crippen molar-refractivity contribution in [1.29, 1.82) is 0 Å². The molecule has 1 aromatic rings. The van der Waals surface area contributed by atoms with Crippen molar-refractivity contribution in [1.82, 2.24) is 9.62 Å². The number of benzene rings is 1. The zero-order valence-corrected chi connectivity index (χ0v) is 13.2. The van der Waals surface area contributed by atoms with E-state index < -0.39 is 15.8 Å². The predicted molar refractivity (Wildman–Crippen MR) is 79.2 cm³/mol. The predicted octanol–water partition coefficient (Wildman–Crippen LogP) is 1.93. The Balaban J connectivity index is 0.00000200. The molecule has 0 bridgehead atoms. The average molecular weight is 323 g/mol. The van der Waals surface area contributed by atoms with Gasteiger partial charge in [-0.1, -0.05) is 0 Å². The van der Waals surface area contributed by atoms with Crippen molar-refractivity contribution < 1.29 is 12.8 Å². The Morgan fingerprint density at radius 3 is 2.40 bits per heavy atom. The standard InChI is InChI=1S/C13H19FN2O2S.ClH/c1-10-9-11(14)3-4-13(10)19(17,18)16-7-5-12(15-2)6-8-16;/h3-4,9,12,15H,5-8H2,1-2H3;1H. The van der Waals surface area contributed by atoms with Crippen LogP contribution in [0.15, 0.2) is 23.1 Å². The van der Waals surface area contributed by atoms with Gasteiger partial charge in [-0.2, -0.15) is 4.31 Å². The van der Waals surface area contributed by atoms with Crippen LogP contribution in [0.3, 0.4) is 0 Å². The quantitative estimate of drug-likeness (QED) is 0.925.